The minimum absolute atomic E-state index is 0.0554. The molecule has 0 saturated heterocycles. The minimum Gasteiger partial charge on any atom is -0.214 e. The van der Waals surface area contributed by atoms with Crippen LogP contribution in [0.1, 0.15) is 63.8 Å². The van der Waals surface area contributed by atoms with E-state index in [9.17, 15) is 26.3 Å². The van der Waals surface area contributed by atoms with Crippen LogP contribution < -0.4 is 0 Å². The molecule has 0 N–H and O–H groups in total. The number of hydrogen-bond donors (Lipinski definition) is 0. The van der Waals surface area contributed by atoms with E-state index in [2.05, 4.69) is 149 Å². The quantitative estimate of drug-likeness (QED) is 0.120. The van der Waals surface area contributed by atoms with E-state index in [-0.39, 0.29) is 10.8 Å². The Labute approximate surface area is 376 Å². The maximum atomic E-state index is 11.8. The molecule has 0 spiro atoms. The minimum atomic E-state index is -4.23. The van der Waals surface area contributed by atoms with Gasteiger partial charge in [-0.1, -0.05) is 125 Å². The summed E-state index contributed by atoms with van der Waals surface area (Å²) in [5, 5.41) is 5.36. The fourth-order valence-electron chi connectivity index (χ4n) is 6.53. The summed E-state index contributed by atoms with van der Waals surface area (Å²) in [4.78, 5) is 0. The second-order valence-corrected chi connectivity index (χ2v) is 24.4. The Morgan fingerprint density at radius 1 is 0.500 bits per heavy atom. The van der Waals surface area contributed by atoms with Gasteiger partial charge in [0.25, 0.3) is 0 Å². The smallest absolute Gasteiger partial charge is 0.172 e. The Morgan fingerprint density at radius 2 is 0.823 bits per heavy atom. The van der Waals surface area contributed by atoms with E-state index >= 15 is 0 Å². The van der Waals surface area contributed by atoms with E-state index in [1.165, 1.54) is 79.2 Å². The van der Waals surface area contributed by atoms with Crippen LogP contribution in [0.3, 0.4) is 0 Å². The van der Waals surface area contributed by atoms with Crippen LogP contribution in [0.2, 0.25) is 0 Å². The third-order valence-corrected chi connectivity index (χ3v) is 9.41. The average molecular weight is 961 g/mol. The molecule has 8 rings (SSSR count). The maximum Gasteiger partial charge on any atom is -0.172 e. The van der Waals surface area contributed by atoms with E-state index in [1.54, 1.807) is 0 Å². The number of halogens is 8. The summed E-state index contributed by atoms with van der Waals surface area (Å²) in [5.41, 5.74) is 6.90. The van der Waals surface area contributed by atoms with Gasteiger partial charge in [-0.2, -0.15) is 105 Å². The molecular weight excluding hydrogens is 913 g/mol. The standard InChI is InChI=1S/C33H33.2C7H4F3.C5H5.CH2.2ClH.Zr/c1-32(2,3)30-20-26-24(18-28(30)22-13-9-7-10-14-22)17-25-19-29(23-15-11-8-12-16-23)31(21-27(25)26)33(4,5)6;2*8-7(9,10)6-4-2-1-3-5-6;1-2-4-5-3-1;;;;/h7-21H,1-6H3;2*2-5H;1-5H;1H2;2*1H;/q4*-1;;;;+2/p-2. The van der Waals surface area contributed by atoms with Crippen LogP contribution >= 0.6 is 17.0 Å². The fraction of sp³-hybridized carbons (Fsp3) is 0.189. The monoisotopic (exact) mass is 958 g/mol. The van der Waals surface area contributed by atoms with E-state index in [0.29, 0.717) is 0 Å². The van der Waals surface area contributed by atoms with Gasteiger partial charge in [-0.3, -0.25) is 0 Å². The third kappa shape index (κ3) is 15.1. The third-order valence-electron chi connectivity index (χ3n) is 9.41. The normalized spacial score (nSPS) is 11.5. The molecule has 0 saturated carbocycles. The average Bonchev–Trinajstić information content (AvgIpc) is 3.92. The van der Waals surface area contributed by atoms with Crippen molar-refractivity contribution in [3.8, 4) is 22.3 Å². The molecule has 0 heterocycles. The van der Waals surface area contributed by atoms with Gasteiger partial charge in [0.1, 0.15) is 0 Å². The first kappa shape index (κ1) is 50.1. The van der Waals surface area contributed by atoms with Gasteiger partial charge >= 0.3 is 52.5 Å². The summed E-state index contributed by atoms with van der Waals surface area (Å²) in [6.07, 6.45) is -8.45. The summed E-state index contributed by atoms with van der Waals surface area (Å²) in [6.45, 7) is 13.9. The molecule has 0 aliphatic heterocycles. The van der Waals surface area contributed by atoms with Crippen molar-refractivity contribution in [3.05, 3.63) is 204 Å². The molecule has 0 amide bonds. The predicted octanol–water partition coefficient (Wildman–Crippen LogP) is 17.4. The molecule has 0 atom stereocenters. The Bertz CT molecular complexity index is 2380. The number of hydrogen-bond acceptors (Lipinski definition) is 0. The van der Waals surface area contributed by atoms with Crippen molar-refractivity contribution in [2.24, 2.45) is 0 Å². The van der Waals surface area contributed by atoms with Crippen molar-refractivity contribution in [2.75, 3.05) is 0 Å². The topological polar surface area (TPSA) is 0 Å². The number of rotatable bonds is 2. The van der Waals surface area contributed by atoms with Gasteiger partial charge in [0, 0.05) is 0 Å². The zero-order valence-electron chi connectivity index (χ0n) is 35.4. The zero-order chi connectivity index (χ0) is 45.7. The molecule has 0 aliphatic rings. The molecule has 62 heavy (non-hydrogen) atoms. The summed E-state index contributed by atoms with van der Waals surface area (Å²) in [5.74, 6) is 0. The van der Waals surface area contributed by atoms with Gasteiger partial charge in [-0.05, 0) is 44.2 Å². The largest absolute Gasteiger partial charge is 0.214 e. The van der Waals surface area contributed by atoms with E-state index < -0.39 is 42.4 Å². The summed E-state index contributed by atoms with van der Waals surface area (Å²) >= 11 is -1.85. The van der Waals surface area contributed by atoms with Gasteiger partial charge < -0.3 is 0 Å². The first-order valence-electron chi connectivity index (χ1n) is 19.6. The number of benzene rings is 6. The van der Waals surface area contributed by atoms with Crippen molar-refractivity contribution in [3.63, 3.8) is 0 Å². The fourth-order valence-corrected chi connectivity index (χ4v) is 6.53. The van der Waals surface area contributed by atoms with Crippen LogP contribution in [0.25, 0.3) is 43.8 Å². The van der Waals surface area contributed by atoms with E-state index in [4.69, 9.17) is 17.0 Å². The van der Waals surface area contributed by atoms with Crippen LogP contribution in [0.5, 0.6) is 0 Å². The van der Waals surface area contributed by atoms with Gasteiger partial charge in [-0.15, -0.1) is 39.7 Å². The molecule has 8 aromatic carbocycles. The van der Waals surface area contributed by atoms with Crippen molar-refractivity contribution < 1.29 is 45.2 Å². The Morgan fingerprint density at radius 3 is 1.06 bits per heavy atom. The summed E-state index contributed by atoms with van der Waals surface area (Å²) in [6, 6.07) is 57.6. The number of alkyl halides is 6. The van der Waals surface area contributed by atoms with Crippen LogP contribution in [-0.4, -0.2) is 4.21 Å². The molecule has 0 radical (unpaired) electrons. The molecule has 8 aromatic rings. The van der Waals surface area contributed by atoms with Crippen LogP contribution in [0.15, 0.2) is 170 Å². The molecule has 0 fully saturated rings. The molecule has 0 aliphatic carbocycles. The van der Waals surface area contributed by atoms with Crippen LogP contribution in [0.4, 0.5) is 26.3 Å². The first-order chi connectivity index (χ1) is 29.1. The van der Waals surface area contributed by atoms with Crippen LogP contribution in [-0.2, 0) is 42.1 Å². The second-order valence-electron chi connectivity index (χ2n) is 16.2. The molecular formula is C53H48Cl2F6Zr-4. The Kier molecular flexibility index (Phi) is 17.9. The van der Waals surface area contributed by atoms with Crippen LogP contribution in [0, 0.1) is 12.1 Å². The molecule has 9 heteroatoms. The molecule has 0 bridgehead atoms. The van der Waals surface area contributed by atoms with Crippen molar-refractivity contribution in [1.29, 1.82) is 0 Å². The number of fused-ring (bicyclic) bond motifs is 3. The summed E-state index contributed by atoms with van der Waals surface area (Å²) < 4.78 is 74.0. The van der Waals surface area contributed by atoms with Gasteiger partial charge in [0.05, 0.1) is 0 Å². The molecule has 0 nitrogen and oxygen atoms in total. The van der Waals surface area contributed by atoms with E-state index in [0.717, 1.165) is 24.3 Å². The summed E-state index contributed by atoms with van der Waals surface area (Å²) in [7, 11) is 10.3. The van der Waals surface area contributed by atoms with Crippen molar-refractivity contribution in [2.45, 2.75) is 64.7 Å². The molecule has 0 unspecified atom stereocenters. The van der Waals surface area contributed by atoms with Gasteiger partial charge in [0.2, 0.25) is 0 Å². The van der Waals surface area contributed by atoms with Crippen molar-refractivity contribution >= 4 is 42.8 Å². The Hall–Kier alpha value is -4.55. The maximum absolute atomic E-state index is 11.8. The van der Waals surface area contributed by atoms with Gasteiger partial charge in [0.15, 0.2) is 0 Å². The zero-order valence-corrected chi connectivity index (χ0v) is 39.4. The first-order valence-corrected chi connectivity index (χ1v) is 27.7. The molecule has 0 aromatic heterocycles. The predicted molar refractivity (Wildman–Crippen MR) is 247 cm³/mol. The van der Waals surface area contributed by atoms with Crippen molar-refractivity contribution in [1.82, 2.24) is 0 Å². The SMILES string of the molecule is CC(C)(C)c1cc2c(cc1-c1ccccc1)[cH-]c1cc(-c3ccccc3)c(C(C)(C)C)cc12.FC(F)(F)c1cc[c-]cc1.FC(F)(F)c1cc[c-]cc1.[CH2]=[Zr]([Cl])[Cl].c1cc[cH-]c1. The molecule has 324 valence electrons. The van der Waals surface area contributed by atoms with Gasteiger partial charge in [-0.25, -0.2) is 12.1 Å². The van der Waals surface area contributed by atoms with E-state index in [1.807, 2.05) is 30.3 Å². The second kappa shape index (κ2) is 22.2. The Balaban J connectivity index is 0.000000234.